The van der Waals surface area contributed by atoms with Crippen molar-refractivity contribution >= 4 is 23.0 Å². The standard InChI is InChI=1S/C15H11ClN3O2/c16-11-5-7-12(8-6-11)17-15(20)14-9-10-3-1-2-4-13(10)18(14)19(17)21/h1-8,20H,9H2. The van der Waals surface area contributed by atoms with Gasteiger partial charge in [-0.3, -0.25) is 0 Å². The average Bonchev–Trinajstić information content (AvgIpc) is 2.98. The van der Waals surface area contributed by atoms with Crippen LogP contribution in [0.3, 0.4) is 0 Å². The van der Waals surface area contributed by atoms with E-state index in [0.29, 0.717) is 28.1 Å². The zero-order valence-corrected chi connectivity index (χ0v) is 11.7. The van der Waals surface area contributed by atoms with Crippen molar-refractivity contribution in [2.75, 3.05) is 10.0 Å². The van der Waals surface area contributed by atoms with E-state index in [-0.39, 0.29) is 5.88 Å². The van der Waals surface area contributed by atoms with E-state index in [0.717, 1.165) is 11.3 Å². The molecule has 0 saturated heterocycles. The van der Waals surface area contributed by atoms with Gasteiger partial charge in [-0.05, 0) is 35.9 Å². The maximum absolute atomic E-state index is 12.6. The molecule has 0 atom stereocenters. The van der Waals surface area contributed by atoms with Crippen LogP contribution < -0.4 is 15.3 Å². The summed E-state index contributed by atoms with van der Waals surface area (Å²) in [5.41, 5.74) is 2.97. The number of hydrogen-bond acceptors (Lipinski definition) is 5. The molecular weight excluding hydrogens is 290 g/mol. The first kappa shape index (κ1) is 12.5. The molecule has 6 heteroatoms. The number of aliphatic hydroxyl groups excluding tert-OH is 1. The molecule has 0 spiro atoms. The molecule has 0 aromatic heterocycles. The predicted octanol–water partition coefficient (Wildman–Crippen LogP) is 3.42. The number of halogens is 1. The molecule has 2 heterocycles. The quantitative estimate of drug-likeness (QED) is 0.647. The molecule has 105 valence electrons. The molecule has 2 aliphatic rings. The summed E-state index contributed by atoms with van der Waals surface area (Å²) in [4.78, 5) is 0. The number of benzene rings is 2. The van der Waals surface area contributed by atoms with E-state index in [4.69, 9.17) is 11.6 Å². The molecule has 4 rings (SSSR count). The highest BCUT2D eigenvalue weighted by molar-refractivity contribution is 6.30. The number of fused-ring (bicyclic) bond motifs is 3. The zero-order valence-electron chi connectivity index (χ0n) is 10.9. The number of para-hydroxylation sites is 1. The molecule has 1 N–H and O–H groups in total. The average molecular weight is 301 g/mol. The van der Waals surface area contributed by atoms with Crippen molar-refractivity contribution in [3.63, 3.8) is 0 Å². The molecule has 21 heavy (non-hydrogen) atoms. The topological polar surface area (TPSA) is 55.7 Å². The van der Waals surface area contributed by atoms with Gasteiger partial charge in [-0.15, -0.1) is 5.01 Å². The largest absolute Gasteiger partial charge is 0.523 e. The van der Waals surface area contributed by atoms with Crippen LogP contribution in [0.2, 0.25) is 5.02 Å². The van der Waals surface area contributed by atoms with Gasteiger partial charge in [0.15, 0.2) is 5.70 Å². The van der Waals surface area contributed by atoms with Gasteiger partial charge < -0.3 is 10.3 Å². The van der Waals surface area contributed by atoms with Crippen molar-refractivity contribution < 1.29 is 5.11 Å². The van der Waals surface area contributed by atoms with E-state index in [1.165, 1.54) is 10.0 Å². The fraction of sp³-hybridized carbons (Fsp3) is 0.0667. The molecule has 2 aromatic rings. The Labute approximate surface area is 126 Å². The van der Waals surface area contributed by atoms with E-state index >= 15 is 0 Å². The number of aliphatic hydroxyl groups is 1. The Morgan fingerprint density at radius 3 is 2.52 bits per heavy atom. The Hall–Kier alpha value is -2.21. The first-order valence-electron chi connectivity index (χ1n) is 6.50. The monoisotopic (exact) mass is 300 g/mol. The summed E-state index contributed by atoms with van der Waals surface area (Å²) in [5, 5.41) is 26.9. The van der Waals surface area contributed by atoms with Gasteiger partial charge in [-0.2, -0.15) is 0 Å². The Morgan fingerprint density at radius 2 is 1.76 bits per heavy atom. The summed E-state index contributed by atoms with van der Waals surface area (Å²) in [6, 6.07) is 14.4. The smallest absolute Gasteiger partial charge is 0.274 e. The Balaban J connectivity index is 1.79. The summed E-state index contributed by atoms with van der Waals surface area (Å²) in [5.74, 6) is -0.0523. The molecule has 0 bridgehead atoms. The van der Waals surface area contributed by atoms with Gasteiger partial charge in [0.2, 0.25) is 0 Å². The van der Waals surface area contributed by atoms with E-state index < -0.39 is 0 Å². The third kappa shape index (κ3) is 1.72. The fourth-order valence-corrected chi connectivity index (χ4v) is 2.86. The molecular formula is C15H11ClN3O2. The van der Waals surface area contributed by atoms with Crippen molar-refractivity contribution in [1.82, 2.24) is 5.28 Å². The summed E-state index contributed by atoms with van der Waals surface area (Å²) < 4.78 is 0. The highest BCUT2D eigenvalue weighted by Gasteiger charge is 2.48. The van der Waals surface area contributed by atoms with E-state index in [1.54, 1.807) is 24.3 Å². The van der Waals surface area contributed by atoms with Crippen LogP contribution in [0.25, 0.3) is 0 Å². The normalized spacial score (nSPS) is 17.4. The van der Waals surface area contributed by atoms with Gasteiger partial charge in [0.25, 0.3) is 5.88 Å². The highest BCUT2D eigenvalue weighted by atomic mass is 35.5. The minimum atomic E-state index is -0.0523. The zero-order chi connectivity index (χ0) is 14.6. The minimum absolute atomic E-state index is 0.0523. The molecule has 0 amide bonds. The number of hydrogen-bond donors (Lipinski definition) is 1. The van der Waals surface area contributed by atoms with Crippen LogP contribution >= 0.6 is 11.6 Å². The molecule has 2 aliphatic heterocycles. The summed E-state index contributed by atoms with van der Waals surface area (Å²) in [7, 11) is 0. The molecule has 1 radical (unpaired) electrons. The van der Waals surface area contributed by atoms with E-state index in [1.807, 2.05) is 24.3 Å². The molecule has 5 nitrogen and oxygen atoms in total. The van der Waals surface area contributed by atoms with Crippen LogP contribution in [-0.4, -0.2) is 5.11 Å². The summed E-state index contributed by atoms with van der Waals surface area (Å²) >= 11 is 5.86. The predicted molar refractivity (Wildman–Crippen MR) is 81.7 cm³/mol. The number of rotatable bonds is 1. The number of nitrogens with zero attached hydrogens (tertiary/aromatic N) is 3. The summed E-state index contributed by atoms with van der Waals surface area (Å²) in [6.45, 7) is 0. The van der Waals surface area contributed by atoms with Gasteiger partial charge in [0, 0.05) is 11.4 Å². The number of anilines is 2. The highest BCUT2D eigenvalue weighted by Crippen LogP contribution is 2.42. The Kier molecular flexibility index (Phi) is 2.62. The van der Waals surface area contributed by atoms with Crippen LogP contribution in [0.15, 0.2) is 60.1 Å². The molecule has 0 saturated carbocycles. The van der Waals surface area contributed by atoms with Crippen molar-refractivity contribution in [2.24, 2.45) is 0 Å². The maximum atomic E-state index is 12.6. The second kappa shape index (κ2) is 4.39. The molecule has 0 fully saturated rings. The second-order valence-electron chi connectivity index (χ2n) is 4.93. The molecule has 0 aliphatic carbocycles. The third-order valence-corrected chi connectivity index (χ3v) is 3.96. The van der Waals surface area contributed by atoms with Gasteiger partial charge in [0.1, 0.15) is 11.4 Å². The van der Waals surface area contributed by atoms with Gasteiger partial charge in [-0.1, -0.05) is 34.8 Å². The molecule has 0 unspecified atom stereocenters. The third-order valence-electron chi connectivity index (χ3n) is 3.71. The van der Waals surface area contributed by atoms with E-state index in [2.05, 4.69) is 0 Å². The van der Waals surface area contributed by atoms with Gasteiger partial charge in [-0.25, -0.2) is 0 Å². The lowest BCUT2D eigenvalue weighted by Crippen LogP contribution is -2.46. The van der Waals surface area contributed by atoms with Crippen LogP contribution in [0.5, 0.6) is 0 Å². The lowest BCUT2D eigenvalue weighted by molar-refractivity contribution is 0.368. The maximum Gasteiger partial charge on any atom is 0.274 e. The molecule has 2 aromatic carbocycles. The van der Waals surface area contributed by atoms with Crippen LogP contribution in [0.1, 0.15) is 5.56 Å². The van der Waals surface area contributed by atoms with Crippen LogP contribution in [-0.2, 0) is 6.42 Å². The van der Waals surface area contributed by atoms with Crippen molar-refractivity contribution in [1.29, 1.82) is 0 Å². The van der Waals surface area contributed by atoms with Crippen molar-refractivity contribution in [3.05, 3.63) is 75.9 Å². The second-order valence-corrected chi connectivity index (χ2v) is 5.36. The Bertz CT molecular complexity index is 745. The summed E-state index contributed by atoms with van der Waals surface area (Å²) in [6.07, 6.45) is 0.533. The van der Waals surface area contributed by atoms with Crippen LogP contribution in [0.4, 0.5) is 11.4 Å². The SMILES string of the molecule is [O-][N+]1N(c2ccc(Cl)cc2)C(O)=C2Cc3ccccc3N21. The number of hydrazine groups is 2. The lowest BCUT2D eigenvalue weighted by atomic mass is 10.1. The first-order valence-corrected chi connectivity index (χ1v) is 6.87. The Morgan fingerprint density at radius 1 is 1.05 bits per heavy atom. The lowest BCUT2D eigenvalue weighted by Gasteiger charge is -2.24. The van der Waals surface area contributed by atoms with Crippen molar-refractivity contribution in [3.8, 4) is 0 Å². The van der Waals surface area contributed by atoms with E-state index in [9.17, 15) is 10.3 Å². The number of allylic oxidation sites excluding steroid dienone is 1. The van der Waals surface area contributed by atoms with Crippen LogP contribution in [0, 0.1) is 5.21 Å². The first-order chi connectivity index (χ1) is 10.2. The minimum Gasteiger partial charge on any atom is -0.523 e. The fourth-order valence-electron chi connectivity index (χ4n) is 2.73. The van der Waals surface area contributed by atoms with Gasteiger partial charge >= 0.3 is 0 Å². The van der Waals surface area contributed by atoms with Crippen molar-refractivity contribution in [2.45, 2.75) is 6.42 Å². The van der Waals surface area contributed by atoms with Gasteiger partial charge in [0.05, 0.1) is 5.28 Å².